The fraction of sp³-hybridized carbons (Fsp3) is 0.0476. The fourth-order valence-corrected chi connectivity index (χ4v) is 4.96. The SMILES string of the molecule is Cc1nc(-c2cccnc2)sc1-c1ccc2cc(-c3ccccn3)sc2n1. The first-order chi connectivity index (χ1) is 13.3. The Morgan fingerprint density at radius 1 is 0.852 bits per heavy atom. The van der Waals surface area contributed by atoms with Crippen LogP contribution in [0.25, 0.3) is 41.9 Å². The molecule has 4 nitrogen and oxygen atoms in total. The average molecular weight is 387 g/mol. The zero-order valence-corrected chi connectivity index (χ0v) is 16.1. The predicted molar refractivity (Wildman–Crippen MR) is 112 cm³/mol. The normalized spacial score (nSPS) is 11.1. The lowest BCUT2D eigenvalue weighted by Crippen LogP contribution is -1.82. The molecular weight excluding hydrogens is 372 g/mol. The number of hydrogen-bond acceptors (Lipinski definition) is 6. The third-order valence-electron chi connectivity index (χ3n) is 4.24. The maximum atomic E-state index is 4.90. The van der Waals surface area contributed by atoms with Crippen molar-refractivity contribution in [2.45, 2.75) is 6.92 Å². The van der Waals surface area contributed by atoms with Crippen LogP contribution in [0, 0.1) is 6.92 Å². The van der Waals surface area contributed by atoms with Gasteiger partial charge in [0.2, 0.25) is 0 Å². The van der Waals surface area contributed by atoms with Crippen LogP contribution in [0.3, 0.4) is 0 Å². The summed E-state index contributed by atoms with van der Waals surface area (Å²) in [6.07, 6.45) is 5.44. The van der Waals surface area contributed by atoms with Gasteiger partial charge in [0.1, 0.15) is 9.84 Å². The van der Waals surface area contributed by atoms with Gasteiger partial charge in [0.05, 0.1) is 26.8 Å². The third kappa shape index (κ3) is 3.03. The van der Waals surface area contributed by atoms with Crippen LogP contribution < -0.4 is 0 Å². The minimum absolute atomic E-state index is 0.960. The molecule has 0 atom stereocenters. The molecule has 0 radical (unpaired) electrons. The Labute approximate surface area is 164 Å². The molecule has 0 N–H and O–H groups in total. The first-order valence-electron chi connectivity index (χ1n) is 8.48. The minimum atomic E-state index is 0.960. The van der Waals surface area contributed by atoms with Gasteiger partial charge in [0.25, 0.3) is 0 Å². The van der Waals surface area contributed by atoms with Crippen LogP contribution in [-0.4, -0.2) is 19.9 Å². The quantitative estimate of drug-likeness (QED) is 0.390. The topological polar surface area (TPSA) is 51.6 Å². The number of hydrogen-bond donors (Lipinski definition) is 0. The molecule has 0 amide bonds. The molecule has 0 aliphatic rings. The summed E-state index contributed by atoms with van der Waals surface area (Å²) in [5.41, 5.74) is 3.97. The Morgan fingerprint density at radius 2 is 1.81 bits per heavy atom. The van der Waals surface area contributed by atoms with Gasteiger partial charge in [-0.3, -0.25) is 9.97 Å². The molecule has 5 rings (SSSR count). The molecule has 0 aromatic carbocycles. The van der Waals surface area contributed by atoms with Crippen LogP contribution in [0.1, 0.15) is 5.69 Å². The van der Waals surface area contributed by atoms with Crippen LogP contribution in [0.15, 0.2) is 67.1 Å². The standard InChI is InChI=1S/C21H14N4S2/c1-13-19(27-21(24-13)15-5-4-9-22-12-15)17-8-7-14-11-18(26-20(14)25-17)16-6-2-3-10-23-16/h2-12H,1H3. The van der Waals surface area contributed by atoms with Crippen LogP contribution >= 0.6 is 22.7 Å². The molecule has 0 aliphatic heterocycles. The van der Waals surface area contributed by atoms with E-state index < -0.39 is 0 Å². The number of rotatable bonds is 3. The second kappa shape index (κ2) is 6.64. The molecule has 130 valence electrons. The Balaban J connectivity index is 1.57. The highest BCUT2D eigenvalue weighted by molar-refractivity contribution is 7.22. The number of pyridine rings is 3. The van der Waals surface area contributed by atoms with E-state index in [9.17, 15) is 0 Å². The van der Waals surface area contributed by atoms with E-state index in [-0.39, 0.29) is 0 Å². The van der Waals surface area contributed by atoms with Gasteiger partial charge in [0, 0.05) is 29.5 Å². The molecular formula is C21H14N4S2. The molecule has 0 saturated heterocycles. The summed E-state index contributed by atoms with van der Waals surface area (Å²) in [6.45, 7) is 2.03. The van der Waals surface area contributed by atoms with E-state index in [1.54, 1.807) is 28.9 Å². The maximum Gasteiger partial charge on any atom is 0.125 e. The van der Waals surface area contributed by atoms with E-state index in [1.807, 2.05) is 49.6 Å². The van der Waals surface area contributed by atoms with Gasteiger partial charge in [-0.15, -0.1) is 22.7 Å². The van der Waals surface area contributed by atoms with E-state index in [0.717, 1.165) is 47.6 Å². The van der Waals surface area contributed by atoms with E-state index in [4.69, 9.17) is 9.97 Å². The molecule has 5 heterocycles. The molecule has 0 saturated carbocycles. The molecule has 0 fully saturated rings. The number of aryl methyl sites for hydroxylation is 1. The van der Waals surface area contributed by atoms with Crippen molar-refractivity contribution < 1.29 is 0 Å². The summed E-state index contributed by atoms with van der Waals surface area (Å²) < 4.78 is 0. The highest BCUT2D eigenvalue weighted by Gasteiger charge is 2.14. The van der Waals surface area contributed by atoms with Crippen molar-refractivity contribution in [2.75, 3.05) is 0 Å². The minimum Gasteiger partial charge on any atom is -0.264 e. The van der Waals surface area contributed by atoms with Crippen molar-refractivity contribution >= 4 is 32.9 Å². The largest absolute Gasteiger partial charge is 0.264 e. The van der Waals surface area contributed by atoms with Crippen molar-refractivity contribution in [3.63, 3.8) is 0 Å². The highest BCUT2D eigenvalue weighted by atomic mass is 32.1. The summed E-state index contributed by atoms with van der Waals surface area (Å²) in [6, 6.07) is 16.3. The number of fused-ring (bicyclic) bond motifs is 1. The smallest absolute Gasteiger partial charge is 0.125 e. The van der Waals surface area contributed by atoms with Crippen LogP contribution in [0.2, 0.25) is 0 Å². The lowest BCUT2D eigenvalue weighted by Gasteiger charge is -1.97. The van der Waals surface area contributed by atoms with Crippen LogP contribution in [0.5, 0.6) is 0 Å². The number of aromatic nitrogens is 4. The van der Waals surface area contributed by atoms with Gasteiger partial charge in [-0.05, 0) is 49.4 Å². The van der Waals surface area contributed by atoms with Gasteiger partial charge < -0.3 is 0 Å². The van der Waals surface area contributed by atoms with Crippen molar-refractivity contribution in [3.05, 3.63) is 72.8 Å². The number of thiazole rings is 1. The predicted octanol–water partition coefficient (Wildman–Crippen LogP) is 5.85. The molecule has 0 unspecified atom stereocenters. The van der Waals surface area contributed by atoms with Crippen LogP contribution in [-0.2, 0) is 0 Å². The summed E-state index contributed by atoms with van der Waals surface area (Å²) in [5.74, 6) is 0. The summed E-state index contributed by atoms with van der Waals surface area (Å²) in [5, 5.41) is 2.11. The summed E-state index contributed by atoms with van der Waals surface area (Å²) in [4.78, 5) is 21.5. The first kappa shape index (κ1) is 16.2. The Morgan fingerprint density at radius 3 is 2.63 bits per heavy atom. The highest BCUT2D eigenvalue weighted by Crippen LogP contribution is 2.37. The molecule has 0 bridgehead atoms. The Hall–Kier alpha value is -2.96. The van der Waals surface area contributed by atoms with Crippen molar-refractivity contribution in [1.82, 2.24) is 19.9 Å². The van der Waals surface area contributed by atoms with Gasteiger partial charge in [0.15, 0.2) is 0 Å². The lowest BCUT2D eigenvalue weighted by molar-refractivity contribution is 1.25. The molecule has 5 aromatic rings. The van der Waals surface area contributed by atoms with Gasteiger partial charge in [-0.1, -0.05) is 6.07 Å². The third-order valence-corrected chi connectivity index (χ3v) is 6.53. The average Bonchev–Trinajstić information content (AvgIpc) is 3.32. The molecule has 0 spiro atoms. The summed E-state index contributed by atoms with van der Waals surface area (Å²) >= 11 is 3.32. The monoisotopic (exact) mass is 386 g/mol. The first-order valence-corrected chi connectivity index (χ1v) is 10.1. The van der Waals surface area contributed by atoms with Crippen molar-refractivity contribution in [2.24, 2.45) is 0 Å². The van der Waals surface area contributed by atoms with Gasteiger partial charge in [-0.2, -0.15) is 0 Å². The maximum absolute atomic E-state index is 4.90. The van der Waals surface area contributed by atoms with E-state index in [0.29, 0.717) is 0 Å². The number of nitrogens with zero attached hydrogens (tertiary/aromatic N) is 4. The second-order valence-electron chi connectivity index (χ2n) is 6.09. The second-order valence-corrected chi connectivity index (χ2v) is 8.12. The lowest BCUT2D eigenvalue weighted by atomic mass is 10.2. The Kier molecular flexibility index (Phi) is 3.99. The zero-order valence-electron chi connectivity index (χ0n) is 14.5. The van der Waals surface area contributed by atoms with E-state index >= 15 is 0 Å². The van der Waals surface area contributed by atoms with E-state index in [2.05, 4.69) is 28.2 Å². The van der Waals surface area contributed by atoms with Crippen molar-refractivity contribution in [1.29, 1.82) is 0 Å². The molecule has 0 aliphatic carbocycles. The fourth-order valence-electron chi connectivity index (χ4n) is 2.93. The van der Waals surface area contributed by atoms with Crippen molar-refractivity contribution in [3.8, 4) is 31.7 Å². The Bertz CT molecular complexity index is 1230. The molecule has 6 heteroatoms. The summed E-state index contributed by atoms with van der Waals surface area (Å²) in [7, 11) is 0. The van der Waals surface area contributed by atoms with Crippen LogP contribution in [0.4, 0.5) is 0 Å². The van der Waals surface area contributed by atoms with Gasteiger partial charge >= 0.3 is 0 Å². The zero-order chi connectivity index (χ0) is 18.2. The molecule has 27 heavy (non-hydrogen) atoms. The molecule has 5 aromatic heterocycles. The van der Waals surface area contributed by atoms with Gasteiger partial charge in [-0.25, -0.2) is 9.97 Å². The van der Waals surface area contributed by atoms with E-state index in [1.165, 1.54) is 0 Å². The number of thiophene rings is 1.